The van der Waals surface area contributed by atoms with Crippen molar-refractivity contribution in [3.63, 3.8) is 0 Å². The third kappa shape index (κ3) is 4.79. The summed E-state index contributed by atoms with van der Waals surface area (Å²) in [6, 6.07) is 8.34. The van der Waals surface area contributed by atoms with E-state index in [1.54, 1.807) is 22.2 Å². The van der Waals surface area contributed by atoms with Crippen molar-refractivity contribution in [3.8, 4) is 0 Å². The number of thiophene rings is 1. The lowest BCUT2D eigenvalue weighted by atomic mass is 9.93. The predicted molar refractivity (Wildman–Crippen MR) is 133 cm³/mol. The van der Waals surface area contributed by atoms with Crippen LogP contribution < -0.4 is 10.9 Å². The van der Waals surface area contributed by atoms with Crippen LogP contribution in [0.3, 0.4) is 0 Å². The Morgan fingerprint density at radius 1 is 1.19 bits per heavy atom. The normalized spacial score (nSPS) is 19.0. The van der Waals surface area contributed by atoms with Crippen LogP contribution in [-0.4, -0.2) is 46.7 Å². The number of likely N-dealkylation sites (tertiary alicyclic amines) is 1. The van der Waals surface area contributed by atoms with Crippen molar-refractivity contribution in [3.05, 3.63) is 62.0 Å². The highest BCUT2D eigenvalue weighted by Crippen LogP contribution is 2.33. The van der Waals surface area contributed by atoms with Crippen LogP contribution in [0.1, 0.15) is 41.7 Å². The van der Waals surface area contributed by atoms with Crippen LogP contribution in [0.15, 0.2) is 35.4 Å². The molecule has 32 heavy (non-hydrogen) atoms. The van der Waals surface area contributed by atoms with Gasteiger partial charge in [-0.25, -0.2) is 4.98 Å². The fourth-order valence-electron chi connectivity index (χ4n) is 5.09. The number of rotatable bonds is 8. The Kier molecular flexibility index (Phi) is 6.93. The summed E-state index contributed by atoms with van der Waals surface area (Å²) in [7, 11) is 0. The van der Waals surface area contributed by atoms with Crippen LogP contribution in [-0.2, 0) is 25.8 Å². The topological polar surface area (TPSA) is 50.2 Å². The molecular weight excluding hydrogens is 440 g/mol. The van der Waals surface area contributed by atoms with Crippen LogP contribution in [0.5, 0.6) is 0 Å². The van der Waals surface area contributed by atoms with Gasteiger partial charge in [-0.3, -0.25) is 9.36 Å². The highest BCUT2D eigenvalue weighted by Gasteiger charge is 2.25. The quantitative estimate of drug-likeness (QED) is 0.499. The van der Waals surface area contributed by atoms with Crippen LogP contribution in [0.2, 0.25) is 5.02 Å². The molecule has 7 heteroatoms. The number of aromatic nitrogens is 2. The molecule has 170 valence electrons. The van der Waals surface area contributed by atoms with E-state index in [1.807, 2.05) is 24.3 Å². The van der Waals surface area contributed by atoms with E-state index in [0.717, 1.165) is 53.0 Å². The number of hydrogen-bond acceptors (Lipinski definition) is 5. The molecule has 0 spiro atoms. The van der Waals surface area contributed by atoms with Crippen molar-refractivity contribution in [2.75, 3.05) is 26.2 Å². The van der Waals surface area contributed by atoms with Gasteiger partial charge in [0.1, 0.15) is 4.83 Å². The Labute approximate surface area is 198 Å². The van der Waals surface area contributed by atoms with E-state index in [0.29, 0.717) is 12.6 Å². The Hall–Kier alpha value is -1.73. The van der Waals surface area contributed by atoms with Gasteiger partial charge >= 0.3 is 0 Å². The fourth-order valence-corrected chi connectivity index (χ4v) is 6.58. The van der Waals surface area contributed by atoms with Crippen LogP contribution in [0.25, 0.3) is 10.2 Å². The smallest absolute Gasteiger partial charge is 0.262 e. The highest BCUT2D eigenvalue weighted by molar-refractivity contribution is 7.18. The molecule has 3 aromatic rings. The number of halogens is 1. The van der Waals surface area contributed by atoms with Crippen molar-refractivity contribution >= 4 is 33.2 Å². The minimum absolute atomic E-state index is 0.0941. The molecule has 0 amide bonds. The van der Waals surface area contributed by atoms with Crippen molar-refractivity contribution in [1.29, 1.82) is 0 Å². The average Bonchev–Trinajstić information content (AvgIpc) is 3.45. The van der Waals surface area contributed by atoms with Crippen LogP contribution in [0.4, 0.5) is 0 Å². The lowest BCUT2D eigenvalue weighted by Crippen LogP contribution is -2.36. The second-order valence-corrected chi connectivity index (χ2v) is 10.6. The molecule has 0 unspecified atom stereocenters. The number of hydrogen-bond donors (Lipinski definition) is 1. The third-order valence-electron chi connectivity index (χ3n) is 6.90. The Morgan fingerprint density at radius 3 is 2.88 bits per heavy atom. The van der Waals surface area contributed by atoms with E-state index >= 15 is 0 Å². The summed E-state index contributed by atoms with van der Waals surface area (Å²) in [4.78, 5) is 22.7. The van der Waals surface area contributed by atoms with E-state index in [4.69, 9.17) is 11.6 Å². The van der Waals surface area contributed by atoms with Gasteiger partial charge < -0.3 is 10.2 Å². The summed E-state index contributed by atoms with van der Waals surface area (Å²) in [5.74, 6) is 0. The maximum Gasteiger partial charge on any atom is 0.262 e. The molecule has 0 radical (unpaired) electrons. The molecule has 1 N–H and O–H groups in total. The van der Waals surface area contributed by atoms with E-state index in [2.05, 4.69) is 15.2 Å². The van der Waals surface area contributed by atoms with E-state index in [9.17, 15) is 4.79 Å². The first-order valence-electron chi connectivity index (χ1n) is 11.9. The van der Waals surface area contributed by atoms with Crippen molar-refractivity contribution < 1.29 is 0 Å². The van der Waals surface area contributed by atoms with Gasteiger partial charge in [0.05, 0.1) is 11.7 Å². The fraction of sp³-hybridized carbons (Fsp3) is 0.520. The molecule has 2 aromatic heterocycles. The van der Waals surface area contributed by atoms with Gasteiger partial charge in [0.2, 0.25) is 0 Å². The molecule has 1 saturated heterocycles. The molecule has 3 heterocycles. The number of nitrogens with zero attached hydrogens (tertiary/aromatic N) is 3. The molecule has 1 aliphatic heterocycles. The summed E-state index contributed by atoms with van der Waals surface area (Å²) >= 11 is 7.99. The Balaban J connectivity index is 1.23. The lowest BCUT2D eigenvalue weighted by Gasteiger charge is -2.24. The second-order valence-electron chi connectivity index (χ2n) is 9.06. The molecule has 2 aliphatic rings. The van der Waals surface area contributed by atoms with E-state index in [-0.39, 0.29) is 5.56 Å². The lowest BCUT2D eigenvalue weighted by molar-refractivity contribution is 0.325. The molecule has 5 rings (SSSR count). The third-order valence-corrected chi connectivity index (χ3v) is 8.43. The Bertz CT molecular complexity index is 1130. The minimum atomic E-state index is 0.0941. The highest BCUT2D eigenvalue weighted by atomic mass is 35.5. The zero-order valence-corrected chi connectivity index (χ0v) is 20.1. The standard InChI is InChI=1S/C25H31ClN4OS/c26-21-7-2-1-6-18(21)10-15-30-17-28-24-23(25(30)31)20-9-8-19(16-22(20)32-24)27-11-5-14-29-12-3-4-13-29/h1-2,6-7,17,19,27H,3-5,8-16H2/t19-/m1/s1. The van der Waals surface area contributed by atoms with Gasteiger partial charge in [0.25, 0.3) is 5.56 Å². The number of nitrogens with one attached hydrogen (secondary N) is 1. The zero-order valence-electron chi connectivity index (χ0n) is 18.5. The van der Waals surface area contributed by atoms with Gasteiger partial charge in [-0.1, -0.05) is 29.8 Å². The number of aryl methyl sites for hydroxylation is 3. The van der Waals surface area contributed by atoms with Gasteiger partial charge in [-0.15, -0.1) is 11.3 Å². The molecular formula is C25H31ClN4OS. The van der Waals surface area contributed by atoms with Gasteiger partial charge in [-0.05, 0) is 88.3 Å². The maximum atomic E-state index is 13.3. The largest absolute Gasteiger partial charge is 0.314 e. The van der Waals surface area contributed by atoms with Gasteiger partial charge in [0, 0.05) is 22.5 Å². The molecule has 0 saturated carbocycles. The van der Waals surface area contributed by atoms with Crippen molar-refractivity contribution in [1.82, 2.24) is 19.8 Å². The first kappa shape index (κ1) is 22.1. The first-order valence-corrected chi connectivity index (χ1v) is 13.1. The monoisotopic (exact) mass is 470 g/mol. The van der Waals surface area contributed by atoms with Crippen LogP contribution >= 0.6 is 22.9 Å². The van der Waals surface area contributed by atoms with E-state index < -0.39 is 0 Å². The molecule has 1 aromatic carbocycles. The second kappa shape index (κ2) is 10.0. The summed E-state index contributed by atoms with van der Waals surface area (Å²) in [5, 5.41) is 5.36. The Morgan fingerprint density at radius 2 is 2.03 bits per heavy atom. The molecule has 1 atom stereocenters. The van der Waals surface area contributed by atoms with Crippen molar-refractivity contribution in [2.45, 2.75) is 57.5 Å². The molecule has 1 fully saturated rings. The summed E-state index contributed by atoms with van der Waals surface area (Å²) in [6.45, 7) is 5.44. The minimum Gasteiger partial charge on any atom is -0.314 e. The number of benzene rings is 1. The van der Waals surface area contributed by atoms with Gasteiger partial charge in [-0.2, -0.15) is 0 Å². The molecule has 1 aliphatic carbocycles. The average molecular weight is 471 g/mol. The predicted octanol–water partition coefficient (Wildman–Crippen LogP) is 4.29. The summed E-state index contributed by atoms with van der Waals surface area (Å²) < 4.78 is 1.75. The van der Waals surface area contributed by atoms with E-state index in [1.165, 1.54) is 49.3 Å². The van der Waals surface area contributed by atoms with Crippen LogP contribution in [0, 0.1) is 0 Å². The van der Waals surface area contributed by atoms with Crippen molar-refractivity contribution in [2.24, 2.45) is 0 Å². The number of fused-ring (bicyclic) bond motifs is 3. The first-order chi connectivity index (χ1) is 15.7. The zero-order chi connectivity index (χ0) is 21.9. The maximum absolute atomic E-state index is 13.3. The summed E-state index contributed by atoms with van der Waals surface area (Å²) in [6.07, 6.45) is 9.44. The SMILES string of the molecule is O=c1c2c3c(sc2ncn1CCc1ccccc1Cl)C[C@H](NCCCN1CCCC1)CC3. The summed E-state index contributed by atoms with van der Waals surface area (Å²) in [5.41, 5.74) is 2.40. The molecule has 0 bridgehead atoms. The van der Waals surface area contributed by atoms with Gasteiger partial charge in [0.15, 0.2) is 0 Å². The molecule has 5 nitrogen and oxygen atoms in total.